The molecule has 3 atom stereocenters. The number of carboxylic acid groups (broad SMARTS) is 1. The van der Waals surface area contributed by atoms with Gasteiger partial charge in [0.2, 0.25) is 0 Å². The molecule has 0 amide bonds. The van der Waals surface area contributed by atoms with Crippen molar-refractivity contribution in [2.24, 2.45) is 28.5 Å². The third-order valence-electron chi connectivity index (χ3n) is 9.96. The van der Waals surface area contributed by atoms with Crippen LogP contribution in [0.25, 0.3) is 0 Å². The normalized spacial score (nSPS) is 24.1. The maximum Gasteiger partial charge on any atom is 0.321 e. The fourth-order valence-electron chi connectivity index (χ4n) is 7.88. The number of aliphatic imine (C=N–C) groups is 1. The van der Waals surface area contributed by atoms with E-state index in [-0.39, 0.29) is 29.4 Å². The van der Waals surface area contributed by atoms with E-state index >= 15 is 0 Å². The summed E-state index contributed by atoms with van der Waals surface area (Å²) < 4.78 is 28.0. The number of hydrogen-bond donors (Lipinski definition) is 2. The van der Waals surface area contributed by atoms with Crippen LogP contribution in [0.5, 0.6) is 0 Å². The van der Waals surface area contributed by atoms with Gasteiger partial charge in [-0.15, -0.1) is 0 Å². The molecule has 2 heterocycles. The first-order valence-electron chi connectivity index (χ1n) is 16.5. The van der Waals surface area contributed by atoms with Crippen molar-refractivity contribution in [1.29, 1.82) is 0 Å². The van der Waals surface area contributed by atoms with Crippen molar-refractivity contribution in [2.45, 2.75) is 70.3 Å². The number of carbonyl (C=O) groups is 1. The Morgan fingerprint density at radius 3 is 2.39 bits per heavy atom. The molecule has 1 aliphatic carbocycles. The molecule has 2 aromatic rings. The van der Waals surface area contributed by atoms with Crippen LogP contribution in [0.3, 0.4) is 0 Å². The number of halogens is 2. The Labute approximate surface area is 261 Å². The second-order valence-corrected chi connectivity index (χ2v) is 13.1. The fourth-order valence-corrected chi connectivity index (χ4v) is 7.88. The van der Waals surface area contributed by atoms with E-state index in [9.17, 15) is 18.7 Å². The molecule has 0 radical (unpaired) electrons. The third-order valence-corrected chi connectivity index (χ3v) is 9.96. The van der Waals surface area contributed by atoms with Crippen molar-refractivity contribution in [2.75, 3.05) is 39.3 Å². The zero-order valence-electron chi connectivity index (χ0n) is 26.0. The quantitative estimate of drug-likeness (QED) is 0.295. The number of piperidine rings is 1. The Hall–Kier alpha value is -3.10. The van der Waals surface area contributed by atoms with Gasteiger partial charge in [-0.3, -0.25) is 14.7 Å². The molecule has 1 saturated carbocycles. The summed E-state index contributed by atoms with van der Waals surface area (Å²) in [7, 11) is 0. The number of nitrogens with two attached hydrogens (primary N) is 1. The minimum atomic E-state index is -0.719. The number of nitrogens with zero attached hydrogens (tertiary/aromatic N) is 3. The topological polar surface area (TPSA) is 82.2 Å². The van der Waals surface area contributed by atoms with Crippen LogP contribution in [0.15, 0.2) is 65.3 Å². The molecule has 5 rings (SSSR count). The second-order valence-electron chi connectivity index (χ2n) is 13.1. The van der Waals surface area contributed by atoms with Crippen LogP contribution in [0.1, 0.15) is 68.9 Å². The van der Waals surface area contributed by atoms with Gasteiger partial charge in [0.15, 0.2) is 0 Å². The van der Waals surface area contributed by atoms with E-state index < -0.39 is 12.0 Å². The number of likely N-dealkylation sites (tertiary alicyclic amines) is 2. The zero-order chi connectivity index (χ0) is 31.1. The van der Waals surface area contributed by atoms with Crippen molar-refractivity contribution < 1.29 is 18.7 Å². The van der Waals surface area contributed by atoms with Gasteiger partial charge in [0.1, 0.15) is 17.7 Å². The number of allylic oxidation sites excluding steroid dienone is 2. The number of aliphatic carboxylic acids is 1. The summed E-state index contributed by atoms with van der Waals surface area (Å²) in [5.74, 6) is -0.414. The number of hydrogen-bond acceptors (Lipinski definition) is 5. The lowest BCUT2D eigenvalue weighted by molar-refractivity contribution is -0.145. The van der Waals surface area contributed by atoms with Crippen LogP contribution in [-0.4, -0.2) is 71.9 Å². The Kier molecular flexibility index (Phi) is 11.2. The van der Waals surface area contributed by atoms with Crippen LogP contribution in [0.2, 0.25) is 0 Å². The minimum absolute atomic E-state index is 0.0941. The van der Waals surface area contributed by atoms with Crippen molar-refractivity contribution in [1.82, 2.24) is 9.80 Å². The highest BCUT2D eigenvalue weighted by molar-refractivity contribution is 5.97. The Bertz CT molecular complexity index is 1320. The molecule has 3 aliphatic rings. The van der Waals surface area contributed by atoms with Crippen LogP contribution >= 0.6 is 0 Å². The predicted octanol–water partition coefficient (Wildman–Crippen LogP) is 6.27. The summed E-state index contributed by atoms with van der Waals surface area (Å²) in [4.78, 5) is 22.1. The van der Waals surface area contributed by atoms with Crippen LogP contribution < -0.4 is 5.73 Å². The lowest BCUT2D eigenvalue weighted by Crippen LogP contribution is -2.46. The SMILES string of the molecule is CCN=C(C=C(N)Cc1cccc(F)c1)C1CCN(C[C@H]2CN([C@@H](C(=O)O)C3CCCCC3)C[C@@H]2c2cccc(F)c2)CC1. The molecule has 0 aromatic heterocycles. The van der Waals surface area contributed by atoms with Crippen LogP contribution in [-0.2, 0) is 11.2 Å². The van der Waals surface area contributed by atoms with Gasteiger partial charge in [-0.2, -0.15) is 0 Å². The summed E-state index contributed by atoms with van der Waals surface area (Å²) in [6.07, 6.45) is 9.72. The van der Waals surface area contributed by atoms with Gasteiger partial charge in [-0.05, 0) is 99.0 Å². The standard InChI is InChI=1S/C36H48F2N4O2/c1-2-40-34(21-32(39)19-25-8-6-12-30(37)18-25)26-14-16-41(17-15-26)22-29-23-42(24-33(29)28-11-7-13-31(38)20-28)35(36(43)44)27-9-4-3-5-10-27/h6-8,11-13,18,20-21,26-27,29,33,35H,2-5,9-10,14-17,19,22-24,39H2,1H3,(H,43,44)/t29-,33+,35+/m0/s1. The Morgan fingerprint density at radius 1 is 1.02 bits per heavy atom. The maximum atomic E-state index is 14.3. The molecule has 0 bridgehead atoms. The van der Waals surface area contributed by atoms with Gasteiger partial charge < -0.3 is 15.7 Å². The van der Waals surface area contributed by atoms with Gasteiger partial charge in [0.05, 0.1) is 0 Å². The summed E-state index contributed by atoms with van der Waals surface area (Å²) in [5, 5.41) is 10.3. The summed E-state index contributed by atoms with van der Waals surface area (Å²) in [6.45, 7) is 6.78. The third kappa shape index (κ3) is 8.33. The van der Waals surface area contributed by atoms with Gasteiger partial charge >= 0.3 is 5.97 Å². The second kappa shape index (κ2) is 15.3. The molecule has 44 heavy (non-hydrogen) atoms. The molecule has 238 valence electrons. The molecule has 6 nitrogen and oxygen atoms in total. The van der Waals surface area contributed by atoms with E-state index in [2.05, 4.69) is 9.80 Å². The summed E-state index contributed by atoms with van der Waals surface area (Å²) >= 11 is 0. The Morgan fingerprint density at radius 2 is 1.73 bits per heavy atom. The molecule has 3 fully saturated rings. The molecule has 0 spiro atoms. The number of rotatable bonds is 11. The van der Waals surface area contributed by atoms with E-state index in [1.807, 2.05) is 25.1 Å². The van der Waals surface area contributed by atoms with E-state index in [0.717, 1.165) is 81.5 Å². The average Bonchev–Trinajstić information content (AvgIpc) is 3.40. The predicted molar refractivity (Wildman–Crippen MR) is 172 cm³/mol. The number of benzene rings is 2. The van der Waals surface area contributed by atoms with Gasteiger partial charge in [-0.1, -0.05) is 43.5 Å². The van der Waals surface area contributed by atoms with Crippen molar-refractivity contribution in [3.05, 3.63) is 83.1 Å². The van der Waals surface area contributed by atoms with E-state index in [0.29, 0.717) is 31.1 Å². The molecular weight excluding hydrogens is 558 g/mol. The monoisotopic (exact) mass is 606 g/mol. The first kappa shape index (κ1) is 32.3. The zero-order valence-corrected chi connectivity index (χ0v) is 26.0. The van der Waals surface area contributed by atoms with Gasteiger partial charge in [0, 0.05) is 55.8 Å². The van der Waals surface area contributed by atoms with Gasteiger partial charge in [0.25, 0.3) is 0 Å². The molecule has 2 aromatic carbocycles. The largest absolute Gasteiger partial charge is 0.480 e. The highest BCUT2D eigenvalue weighted by Crippen LogP contribution is 2.39. The smallest absolute Gasteiger partial charge is 0.321 e. The van der Waals surface area contributed by atoms with Gasteiger partial charge in [-0.25, -0.2) is 8.78 Å². The van der Waals surface area contributed by atoms with E-state index in [1.54, 1.807) is 18.2 Å². The molecule has 2 saturated heterocycles. The highest BCUT2D eigenvalue weighted by Gasteiger charge is 2.43. The van der Waals surface area contributed by atoms with Crippen molar-refractivity contribution in [3.8, 4) is 0 Å². The molecular formula is C36H48F2N4O2. The van der Waals surface area contributed by atoms with Crippen molar-refractivity contribution >= 4 is 11.7 Å². The first-order chi connectivity index (χ1) is 21.3. The minimum Gasteiger partial charge on any atom is -0.480 e. The van der Waals surface area contributed by atoms with Crippen molar-refractivity contribution in [3.63, 3.8) is 0 Å². The maximum absolute atomic E-state index is 14.3. The first-order valence-corrected chi connectivity index (χ1v) is 16.5. The number of carboxylic acids is 1. The summed E-state index contributed by atoms with van der Waals surface area (Å²) in [5.41, 5.74) is 9.91. The molecule has 8 heteroatoms. The Balaban J connectivity index is 1.25. The molecule has 0 unspecified atom stereocenters. The molecule has 2 aliphatic heterocycles. The van der Waals surface area contributed by atoms with Crippen LogP contribution in [0, 0.1) is 29.4 Å². The summed E-state index contributed by atoms with van der Waals surface area (Å²) in [6, 6.07) is 13.0. The fraction of sp³-hybridized carbons (Fsp3) is 0.556. The highest BCUT2D eigenvalue weighted by atomic mass is 19.1. The van der Waals surface area contributed by atoms with E-state index in [4.69, 9.17) is 10.7 Å². The van der Waals surface area contributed by atoms with Crippen LogP contribution in [0.4, 0.5) is 8.78 Å². The lowest BCUT2D eigenvalue weighted by atomic mass is 9.83. The molecule has 3 N–H and O–H groups in total. The lowest BCUT2D eigenvalue weighted by Gasteiger charge is -2.35. The average molecular weight is 607 g/mol. The van der Waals surface area contributed by atoms with E-state index in [1.165, 1.54) is 24.6 Å².